The summed E-state index contributed by atoms with van der Waals surface area (Å²) in [6, 6.07) is 13.3. The fraction of sp³-hybridized carbons (Fsp3) is 0.118. The highest BCUT2D eigenvalue weighted by molar-refractivity contribution is 14.1. The summed E-state index contributed by atoms with van der Waals surface area (Å²) in [6.45, 7) is 1.17. The average Bonchev–Trinajstić information content (AvgIpc) is 3.04. The molecule has 0 unspecified atom stereocenters. The van der Waals surface area contributed by atoms with Gasteiger partial charge in [0, 0.05) is 35.3 Å². The molecule has 1 N–H and O–H groups in total. The highest BCUT2D eigenvalue weighted by atomic mass is 127. The Morgan fingerprint density at radius 3 is 2.70 bits per heavy atom. The van der Waals surface area contributed by atoms with Crippen LogP contribution >= 0.6 is 22.6 Å². The maximum atomic E-state index is 12.2. The number of halogens is 1. The maximum Gasteiger partial charge on any atom is 0.252 e. The number of benzene rings is 1. The Bertz CT molecular complexity index is 801. The molecular formula is C17H15IN4O. The molecule has 0 aliphatic rings. The van der Waals surface area contributed by atoms with E-state index in [9.17, 15) is 4.79 Å². The smallest absolute Gasteiger partial charge is 0.252 e. The molecular weight excluding hydrogens is 403 g/mol. The number of nitrogens with one attached hydrogen (secondary N) is 1. The van der Waals surface area contributed by atoms with Gasteiger partial charge in [-0.1, -0.05) is 18.2 Å². The second-order valence-electron chi connectivity index (χ2n) is 4.89. The normalized spacial score (nSPS) is 10.5. The van der Waals surface area contributed by atoms with Gasteiger partial charge >= 0.3 is 0 Å². The van der Waals surface area contributed by atoms with Gasteiger partial charge in [0.1, 0.15) is 5.69 Å². The summed E-state index contributed by atoms with van der Waals surface area (Å²) in [7, 11) is 0. The van der Waals surface area contributed by atoms with E-state index < -0.39 is 0 Å². The number of rotatable bonds is 5. The summed E-state index contributed by atoms with van der Waals surface area (Å²) in [5.41, 5.74) is 1.52. The van der Waals surface area contributed by atoms with Gasteiger partial charge < -0.3 is 9.88 Å². The summed E-state index contributed by atoms with van der Waals surface area (Å²) in [6.07, 6.45) is 5.38. The second kappa shape index (κ2) is 7.36. The lowest BCUT2D eigenvalue weighted by molar-refractivity contribution is 0.0951. The highest BCUT2D eigenvalue weighted by Gasteiger charge is 2.10. The van der Waals surface area contributed by atoms with E-state index in [1.165, 1.54) is 0 Å². The van der Waals surface area contributed by atoms with Crippen LogP contribution < -0.4 is 5.32 Å². The van der Waals surface area contributed by atoms with Crippen molar-refractivity contribution in [1.82, 2.24) is 19.9 Å². The number of nitrogens with zero attached hydrogens (tertiary/aromatic N) is 3. The van der Waals surface area contributed by atoms with Crippen molar-refractivity contribution < 1.29 is 4.79 Å². The van der Waals surface area contributed by atoms with Crippen molar-refractivity contribution in [2.45, 2.75) is 6.54 Å². The molecule has 1 amide bonds. The molecule has 1 aromatic carbocycles. The molecule has 0 aliphatic carbocycles. The molecule has 0 fully saturated rings. The minimum absolute atomic E-state index is 0.0606. The minimum Gasteiger partial charge on any atom is -0.350 e. The first-order valence-electron chi connectivity index (χ1n) is 7.21. The van der Waals surface area contributed by atoms with Crippen LogP contribution in [0.5, 0.6) is 0 Å². The van der Waals surface area contributed by atoms with Gasteiger partial charge in [0.15, 0.2) is 5.82 Å². The first-order chi connectivity index (χ1) is 11.3. The van der Waals surface area contributed by atoms with Crippen LogP contribution in [0.1, 0.15) is 10.4 Å². The SMILES string of the molecule is O=C(NCCn1ccnc1-c1ccccn1)c1ccccc1I. The summed E-state index contributed by atoms with van der Waals surface area (Å²) in [5, 5.41) is 2.94. The lowest BCUT2D eigenvalue weighted by Gasteiger charge is -2.09. The molecule has 6 heteroatoms. The molecule has 2 heterocycles. The molecule has 0 spiro atoms. The van der Waals surface area contributed by atoms with Crippen molar-refractivity contribution in [1.29, 1.82) is 0 Å². The maximum absolute atomic E-state index is 12.2. The zero-order valence-corrected chi connectivity index (χ0v) is 14.5. The molecule has 2 aromatic heterocycles. The van der Waals surface area contributed by atoms with Gasteiger partial charge in [-0.2, -0.15) is 0 Å². The van der Waals surface area contributed by atoms with E-state index in [0.29, 0.717) is 18.7 Å². The number of hydrogen-bond acceptors (Lipinski definition) is 3. The monoisotopic (exact) mass is 418 g/mol. The molecule has 3 aromatic rings. The Balaban J connectivity index is 1.63. The van der Waals surface area contributed by atoms with Crippen molar-refractivity contribution in [3.05, 3.63) is 70.2 Å². The molecule has 0 radical (unpaired) electrons. The third-order valence-electron chi connectivity index (χ3n) is 3.37. The van der Waals surface area contributed by atoms with Gasteiger partial charge in [0.05, 0.1) is 5.56 Å². The van der Waals surface area contributed by atoms with E-state index in [4.69, 9.17) is 0 Å². The Morgan fingerprint density at radius 1 is 1.09 bits per heavy atom. The first-order valence-corrected chi connectivity index (χ1v) is 8.29. The Hall–Kier alpha value is -2.22. The highest BCUT2D eigenvalue weighted by Crippen LogP contribution is 2.14. The molecule has 0 aliphatic heterocycles. The van der Waals surface area contributed by atoms with Crippen molar-refractivity contribution in [2.75, 3.05) is 6.54 Å². The van der Waals surface area contributed by atoms with Crippen LogP contribution in [-0.2, 0) is 6.54 Å². The van der Waals surface area contributed by atoms with E-state index in [1.807, 2.05) is 53.2 Å². The van der Waals surface area contributed by atoms with Gasteiger partial charge in [-0.25, -0.2) is 4.98 Å². The fourth-order valence-corrected chi connectivity index (χ4v) is 2.88. The number of pyridine rings is 1. The summed E-state index contributed by atoms with van der Waals surface area (Å²) in [5.74, 6) is 0.739. The van der Waals surface area contributed by atoms with Crippen LogP contribution in [0.3, 0.4) is 0 Å². The topological polar surface area (TPSA) is 59.8 Å². The lowest BCUT2D eigenvalue weighted by Crippen LogP contribution is -2.27. The van der Waals surface area contributed by atoms with Gasteiger partial charge in [0.25, 0.3) is 5.91 Å². The van der Waals surface area contributed by atoms with Crippen LogP contribution in [-0.4, -0.2) is 27.0 Å². The molecule has 23 heavy (non-hydrogen) atoms. The third kappa shape index (κ3) is 3.76. The fourth-order valence-electron chi connectivity index (χ4n) is 2.25. The van der Waals surface area contributed by atoms with Gasteiger partial charge in [-0.15, -0.1) is 0 Å². The first kappa shape index (κ1) is 15.7. The minimum atomic E-state index is -0.0606. The van der Waals surface area contributed by atoms with Crippen molar-refractivity contribution in [3.63, 3.8) is 0 Å². The molecule has 0 atom stereocenters. The van der Waals surface area contributed by atoms with Gasteiger partial charge in [-0.05, 0) is 46.9 Å². The zero-order valence-electron chi connectivity index (χ0n) is 12.3. The largest absolute Gasteiger partial charge is 0.350 e. The number of carbonyl (C=O) groups excluding carboxylic acids is 1. The number of hydrogen-bond donors (Lipinski definition) is 1. The van der Waals surface area contributed by atoms with E-state index >= 15 is 0 Å². The molecule has 116 valence electrons. The van der Waals surface area contributed by atoms with Crippen LogP contribution in [0.15, 0.2) is 61.1 Å². The zero-order chi connectivity index (χ0) is 16.1. The summed E-state index contributed by atoms with van der Waals surface area (Å²) < 4.78 is 2.93. The Labute approximate surface area is 147 Å². The van der Waals surface area contributed by atoms with Crippen LogP contribution in [0.4, 0.5) is 0 Å². The predicted octanol–water partition coefficient (Wildman–Crippen LogP) is 2.98. The van der Waals surface area contributed by atoms with E-state index in [-0.39, 0.29) is 5.91 Å². The standard InChI is InChI=1S/C17H15IN4O/c18-14-6-2-1-5-13(14)17(23)21-10-12-22-11-9-20-16(22)15-7-3-4-8-19-15/h1-9,11H,10,12H2,(H,21,23). The van der Waals surface area contributed by atoms with Gasteiger partial charge in [-0.3, -0.25) is 9.78 Å². The van der Waals surface area contributed by atoms with Crippen molar-refractivity contribution >= 4 is 28.5 Å². The van der Waals surface area contributed by atoms with E-state index in [2.05, 4.69) is 37.9 Å². The molecule has 5 nitrogen and oxygen atoms in total. The van der Waals surface area contributed by atoms with E-state index in [0.717, 1.165) is 15.1 Å². The van der Waals surface area contributed by atoms with Crippen molar-refractivity contribution in [2.24, 2.45) is 0 Å². The van der Waals surface area contributed by atoms with Crippen molar-refractivity contribution in [3.8, 4) is 11.5 Å². The number of aromatic nitrogens is 3. The van der Waals surface area contributed by atoms with E-state index in [1.54, 1.807) is 12.4 Å². The summed E-state index contributed by atoms with van der Waals surface area (Å²) in [4.78, 5) is 20.9. The van der Waals surface area contributed by atoms with Crippen LogP contribution in [0.25, 0.3) is 11.5 Å². The third-order valence-corrected chi connectivity index (χ3v) is 4.31. The number of carbonyl (C=O) groups is 1. The molecule has 0 saturated heterocycles. The molecule has 0 bridgehead atoms. The Morgan fingerprint density at radius 2 is 1.91 bits per heavy atom. The van der Waals surface area contributed by atoms with Crippen LogP contribution in [0.2, 0.25) is 0 Å². The van der Waals surface area contributed by atoms with Crippen LogP contribution in [0, 0.1) is 3.57 Å². The number of amides is 1. The lowest BCUT2D eigenvalue weighted by atomic mass is 10.2. The average molecular weight is 418 g/mol. The predicted molar refractivity (Wildman–Crippen MR) is 97.0 cm³/mol. The quantitative estimate of drug-likeness (QED) is 0.649. The molecule has 0 saturated carbocycles. The number of imidazole rings is 1. The Kier molecular flexibility index (Phi) is 5.02. The summed E-state index contributed by atoms with van der Waals surface area (Å²) >= 11 is 2.17. The van der Waals surface area contributed by atoms with Gasteiger partial charge in [0.2, 0.25) is 0 Å². The molecule has 3 rings (SSSR count). The second-order valence-corrected chi connectivity index (χ2v) is 6.06.